The summed E-state index contributed by atoms with van der Waals surface area (Å²) >= 11 is 0. The number of rotatable bonds is 15. The number of aliphatic hydroxyl groups is 1. The number of aliphatic hydroxyl groups excluding tert-OH is 1. The van der Waals surface area contributed by atoms with Gasteiger partial charge in [-0.05, 0) is 12.3 Å². The average Bonchev–Trinajstić information content (AvgIpc) is 2.42. The van der Waals surface area contributed by atoms with Crippen molar-refractivity contribution in [3.63, 3.8) is 0 Å². The Kier molecular flexibility index (Phi) is 13.1. The summed E-state index contributed by atoms with van der Waals surface area (Å²) in [5.41, 5.74) is 3.57. The van der Waals surface area contributed by atoms with E-state index in [1.54, 1.807) is 0 Å². The van der Waals surface area contributed by atoms with Gasteiger partial charge in [0.15, 0.2) is 0 Å². The molecule has 0 saturated heterocycles. The first-order chi connectivity index (χ1) is 10.7. The molecule has 0 amide bonds. The van der Waals surface area contributed by atoms with Gasteiger partial charge in [-0.2, -0.15) is 0 Å². The zero-order chi connectivity index (χ0) is 17.7. The van der Waals surface area contributed by atoms with Gasteiger partial charge in [0.05, 0.1) is 5.75 Å². The van der Waals surface area contributed by atoms with Crippen molar-refractivity contribution in [2.75, 3.05) is 5.75 Å². The quantitative estimate of drug-likeness (QED) is 0.349. The summed E-state index contributed by atoms with van der Waals surface area (Å²) in [7, 11) is -4.30. The van der Waals surface area contributed by atoms with Crippen LogP contribution in [0, 0.1) is 5.92 Å². The molecule has 0 aromatic rings. The summed E-state index contributed by atoms with van der Waals surface area (Å²) < 4.78 is 31.8. The Labute approximate surface area is 142 Å². The molecule has 4 N–H and O–H groups in total. The van der Waals surface area contributed by atoms with E-state index in [0.29, 0.717) is 6.42 Å². The normalized spacial score (nSPS) is 15.0. The maximum Gasteiger partial charge on any atom is 0.124 e. The average molecular weight is 352 g/mol. The third kappa shape index (κ3) is 16.5. The van der Waals surface area contributed by atoms with E-state index in [1.807, 2.05) is 0 Å². The molecule has 23 heavy (non-hydrogen) atoms. The number of unbranched alkanes of at least 4 members (excludes halogenated alkanes) is 8. The molecule has 0 aliphatic carbocycles. The van der Waals surface area contributed by atoms with Gasteiger partial charge in [-0.25, -0.2) is 8.42 Å². The fourth-order valence-corrected chi connectivity index (χ4v) is 3.50. The lowest BCUT2D eigenvalue weighted by atomic mass is 10.0. The number of hydrogen-bond donors (Lipinski definition) is 2. The highest BCUT2D eigenvalue weighted by Crippen LogP contribution is 2.14. The molecule has 0 saturated carbocycles. The Bertz CT molecular complexity index is 371. The van der Waals surface area contributed by atoms with E-state index < -0.39 is 28.0 Å². The summed E-state index contributed by atoms with van der Waals surface area (Å²) in [6.45, 7) is 4.54. The molecule has 0 aromatic heterocycles. The van der Waals surface area contributed by atoms with Crippen LogP contribution in [-0.4, -0.2) is 36.0 Å². The van der Waals surface area contributed by atoms with Gasteiger partial charge in [0.2, 0.25) is 0 Å². The zero-order valence-electron chi connectivity index (χ0n) is 15.0. The second-order valence-corrected chi connectivity index (χ2v) is 8.65. The molecule has 0 spiro atoms. The summed E-state index contributed by atoms with van der Waals surface area (Å²) in [5.74, 6) is 0.238. The zero-order valence-corrected chi connectivity index (χ0v) is 15.8. The third-order valence-electron chi connectivity index (χ3n) is 4.24. The van der Waals surface area contributed by atoms with Crippen LogP contribution in [0.15, 0.2) is 0 Å². The standard InChI is InChI=1S/C17H37NO4S/c1-15(2)12-10-8-6-4-3-5-7-9-11-13-17(19)16(18)14-23(20,21)22/h15-17,19H,3-14,18H2,1-2H3,(H,20,21,22)/t16-,17+/m0/s1. The first kappa shape index (κ1) is 22.8. The highest BCUT2D eigenvalue weighted by atomic mass is 32.2. The maximum atomic E-state index is 10.6. The lowest BCUT2D eigenvalue weighted by molar-refractivity contribution is -0.430. The van der Waals surface area contributed by atoms with Crippen LogP contribution in [0.4, 0.5) is 0 Å². The minimum Gasteiger partial charge on any atom is -0.748 e. The fraction of sp³-hybridized carbons (Fsp3) is 1.00. The Hall–Kier alpha value is -0.170. The molecule has 0 bridgehead atoms. The van der Waals surface area contributed by atoms with E-state index in [1.165, 1.54) is 44.9 Å². The second-order valence-electron chi connectivity index (χ2n) is 7.20. The van der Waals surface area contributed by atoms with Crippen LogP contribution < -0.4 is 5.73 Å². The molecule has 6 heteroatoms. The van der Waals surface area contributed by atoms with Crippen molar-refractivity contribution in [3.05, 3.63) is 0 Å². The van der Waals surface area contributed by atoms with Gasteiger partial charge in [0.1, 0.15) is 22.3 Å². The molecule has 0 heterocycles. The largest absolute Gasteiger partial charge is 0.748 e. The molecule has 0 radical (unpaired) electrons. The Morgan fingerprint density at radius 3 is 1.65 bits per heavy atom. The van der Waals surface area contributed by atoms with Gasteiger partial charge < -0.3 is 15.4 Å². The van der Waals surface area contributed by atoms with Crippen LogP contribution in [0.5, 0.6) is 0 Å². The van der Waals surface area contributed by atoms with Crippen LogP contribution in [0.1, 0.15) is 84.5 Å². The van der Waals surface area contributed by atoms with Crippen molar-refractivity contribution in [3.8, 4) is 0 Å². The molecular weight excluding hydrogens is 314 g/mol. The highest BCUT2D eigenvalue weighted by Gasteiger charge is 2.20. The Morgan fingerprint density at radius 1 is 0.870 bits per heavy atom. The minimum absolute atomic E-state index is 0.527. The highest BCUT2D eigenvalue weighted by molar-refractivity contribution is 7.85. The monoisotopic (exact) mass is 351 g/mol. The first-order valence-electron chi connectivity index (χ1n) is 9.17. The van der Waals surface area contributed by atoms with Crippen LogP contribution in [0.2, 0.25) is 0 Å². The van der Waals surface area contributed by atoms with Crippen molar-refractivity contribution in [1.82, 2.24) is 0 Å². The number of quaternary nitrogens is 1. The van der Waals surface area contributed by atoms with Crippen molar-refractivity contribution in [1.29, 1.82) is 0 Å². The van der Waals surface area contributed by atoms with Crippen molar-refractivity contribution < 1.29 is 23.8 Å². The first-order valence-corrected chi connectivity index (χ1v) is 10.7. The molecule has 0 fully saturated rings. The van der Waals surface area contributed by atoms with Gasteiger partial charge in [0.25, 0.3) is 0 Å². The topological polar surface area (TPSA) is 105 Å². The van der Waals surface area contributed by atoms with Gasteiger partial charge >= 0.3 is 0 Å². The van der Waals surface area contributed by atoms with Crippen molar-refractivity contribution in [2.45, 2.75) is 96.6 Å². The molecule has 140 valence electrons. The van der Waals surface area contributed by atoms with Crippen LogP contribution >= 0.6 is 0 Å². The molecule has 0 aliphatic rings. The SMILES string of the molecule is CC(C)CCCCCCCCCCC[C@@H](O)[C@@H]([NH3+])CS(=O)(=O)[O-]. The van der Waals surface area contributed by atoms with E-state index in [4.69, 9.17) is 0 Å². The lowest BCUT2D eigenvalue weighted by Crippen LogP contribution is -2.69. The Morgan fingerprint density at radius 2 is 1.26 bits per heavy atom. The van der Waals surface area contributed by atoms with Crippen LogP contribution in [-0.2, 0) is 10.1 Å². The second kappa shape index (κ2) is 13.2. The Balaban J connectivity index is 3.39. The molecular formula is C17H37NO4S. The van der Waals surface area contributed by atoms with Gasteiger partial charge in [0, 0.05) is 0 Å². The van der Waals surface area contributed by atoms with E-state index in [-0.39, 0.29) is 0 Å². The molecule has 2 atom stereocenters. The molecule has 0 aliphatic heterocycles. The predicted molar refractivity (Wildman–Crippen MR) is 92.9 cm³/mol. The minimum atomic E-state index is -4.30. The third-order valence-corrected chi connectivity index (χ3v) is 5.08. The summed E-state index contributed by atoms with van der Waals surface area (Å²) in [6, 6.07) is -0.719. The smallest absolute Gasteiger partial charge is 0.124 e. The van der Waals surface area contributed by atoms with E-state index >= 15 is 0 Å². The van der Waals surface area contributed by atoms with Crippen molar-refractivity contribution >= 4 is 10.1 Å². The van der Waals surface area contributed by atoms with Crippen LogP contribution in [0.25, 0.3) is 0 Å². The maximum absolute atomic E-state index is 10.6. The molecule has 5 nitrogen and oxygen atoms in total. The molecule has 0 unspecified atom stereocenters. The van der Waals surface area contributed by atoms with Gasteiger partial charge in [-0.15, -0.1) is 0 Å². The van der Waals surface area contributed by atoms with E-state index in [2.05, 4.69) is 19.6 Å². The predicted octanol–water partition coefficient (Wildman–Crippen LogP) is 2.45. The van der Waals surface area contributed by atoms with E-state index in [0.717, 1.165) is 25.2 Å². The van der Waals surface area contributed by atoms with Gasteiger partial charge in [-0.3, -0.25) is 0 Å². The van der Waals surface area contributed by atoms with E-state index in [9.17, 15) is 18.1 Å². The summed E-state index contributed by atoms with van der Waals surface area (Å²) in [4.78, 5) is 0. The van der Waals surface area contributed by atoms with Crippen molar-refractivity contribution in [2.24, 2.45) is 5.92 Å². The molecule has 0 aromatic carbocycles. The fourth-order valence-electron chi connectivity index (χ4n) is 2.75. The van der Waals surface area contributed by atoms with Gasteiger partial charge in [-0.1, -0.05) is 78.1 Å². The molecule has 0 rings (SSSR count). The van der Waals surface area contributed by atoms with Crippen LogP contribution in [0.3, 0.4) is 0 Å². The number of hydrogen-bond acceptors (Lipinski definition) is 4. The summed E-state index contributed by atoms with van der Waals surface area (Å²) in [5, 5.41) is 9.78. The summed E-state index contributed by atoms with van der Waals surface area (Å²) in [6.07, 6.45) is 12.0. The lowest BCUT2D eigenvalue weighted by Gasteiger charge is -2.17.